The molecule has 0 bridgehead atoms. The first-order chi connectivity index (χ1) is 7.15. The van der Waals surface area contributed by atoms with Crippen LogP contribution in [0, 0.1) is 6.92 Å². The average Bonchev–Trinajstić information content (AvgIpc) is 2.10. The van der Waals surface area contributed by atoms with Crippen molar-refractivity contribution < 1.29 is 21.6 Å². The van der Waals surface area contributed by atoms with Crippen LogP contribution in [0.5, 0.6) is 0 Å². The summed E-state index contributed by atoms with van der Waals surface area (Å²) in [5, 5.41) is -0.340. The van der Waals surface area contributed by atoms with Gasteiger partial charge in [0.05, 0.1) is 5.69 Å². The summed E-state index contributed by atoms with van der Waals surface area (Å²) >= 11 is 5.48. The third-order valence-electron chi connectivity index (χ3n) is 1.65. The summed E-state index contributed by atoms with van der Waals surface area (Å²) in [5.74, 6) is 0. The fourth-order valence-electron chi connectivity index (χ4n) is 0.840. The van der Waals surface area contributed by atoms with E-state index in [2.05, 4.69) is 4.98 Å². The summed E-state index contributed by atoms with van der Waals surface area (Å²) < 4.78 is 59.2. The van der Waals surface area contributed by atoms with Gasteiger partial charge in [-0.05, 0) is 18.6 Å². The molecular weight excluding hydrogens is 269 g/mol. The molecule has 4 nitrogen and oxygen atoms in total. The molecule has 0 saturated heterocycles. The highest BCUT2D eigenvalue weighted by Crippen LogP contribution is 2.29. The molecule has 1 heterocycles. The quantitative estimate of drug-likeness (QED) is 0.842. The van der Waals surface area contributed by atoms with Crippen LogP contribution in [0.25, 0.3) is 0 Å². The molecule has 0 radical (unpaired) electrons. The van der Waals surface area contributed by atoms with E-state index in [0.29, 0.717) is 0 Å². The summed E-state index contributed by atoms with van der Waals surface area (Å²) in [4.78, 5) is 3.48. The first-order valence-corrected chi connectivity index (χ1v) is 5.71. The van der Waals surface area contributed by atoms with E-state index in [0.717, 1.165) is 0 Å². The summed E-state index contributed by atoms with van der Waals surface area (Å²) in [6.07, 6.45) is 1.25. The maximum absolute atomic E-state index is 12.1. The maximum atomic E-state index is 12.1. The molecule has 0 amide bonds. The van der Waals surface area contributed by atoms with Crippen molar-refractivity contribution in [1.82, 2.24) is 4.98 Å². The summed E-state index contributed by atoms with van der Waals surface area (Å²) in [7, 11) is -5.47. The van der Waals surface area contributed by atoms with Gasteiger partial charge >= 0.3 is 15.5 Å². The Hall–Kier alpha value is -1.02. The Morgan fingerprint density at radius 2 is 2.00 bits per heavy atom. The summed E-state index contributed by atoms with van der Waals surface area (Å²) in [6.45, 7) is 1.40. The Morgan fingerprint density at radius 3 is 2.44 bits per heavy atom. The second-order valence-electron chi connectivity index (χ2n) is 2.84. The molecule has 0 unspecified atom stereocenters. The number of nitrogens with zero attached hydrogens (tertiary/aromatic N) is 1. The number of halogens is 4. The molecular formula is C7H6ClF3N2O2S. The lowest BCUT2D eigenvalue weighted by atomic mass is 10.3. The van der Waals surface area contributed by atoms with Gasteiger partial charge in [0.2, 0.25) is 0 Å². The van der Waals surface area contributed by atoms with E-state index in [4.69, 9.17) is 11.6 Å². The molecule has 0 atom stereocenters. The van der Waals surface area contributed by atoms with Crippen LogP contribution in [-0.4, -0.2) is 18.9 Å². The van der Waals surface area contributed by atoms with Gasteiger partial charge in [0.15, 0.2) is 5.15 Å². The molecule has 0 aliphatic rings. The van der Waals surface area contributed by atoms with Gasteiger partial charge in [0.1, 0.15) is 0 Å². The first-order valence-electron chi connectivity index (χ1n) is 3.85. The van der Waals surface area contributed by atoms with E-state index in [1.54, 1.807) is 0 Å². The summed E-state index contributed by atoms with van der Waals surface area (Å²) in [5.41, 5.74) is -5.52. The van der Waals surface area contributed by atoms with Crippen molar-refractivity contribution >= 4 is 27.3 Å². The molecule has 0 fully saturated rings. The van der Waals surface area contributed by atoms with Crippen LogP contribution in [0.3, 0.4) is 0 Å². The van der Waals surface area contributed by atoms with Gasteiger partial charge in [-0.2, -0.15) is 21.6 Å². The highest BCUT2D eigenvalue weighted by atomic mass is 35.5. The van der Waals surface area contributed by atoms with Gasteiger partial charge in [-0.25, -0.2) is 4.98 Å². The minimum Gasteiger partial charge on any atom is -0.273 e. The third kappa shape index (κ3) is 2.56. The zero-order valence-corrected chi connectivity index (χ0v) is 9.41. The second kappa shape index (κ2) is 4.10. The molecule has 0 spiro atoms. The van der Waals surface area contributed by atoms with Crippen LogP contribution in [-0.2, 0) is 10.0 Å². The van der Waals surface area contributed by atoms with Crippen LogP contribution in [0.2, 0.25) is 5.15 Å². The average molecular weight is 275 g/mol. The normalized spacial score (nSPS) is 12.6. The molecule has 90 valence electrons. The van der Waals surface area contributed by atoms with Gasteiger partial charge in [0, 0.05) is 6.20 Å². The number of hydrogen-bond acceptors (Lipinski definition) is 3. The highest BCUT2D eigenvalue weighted by molar-refractivity contribution is 7.93. The first kappa shape index (κ1) is 13.0. The largest absolute Gasteiger partial charge is 0.516 e. The van der Waals surface area contributed by atoms with E-state index >= 15 is 0 Å². The number of pyridine rings is 1. The molecule has 0 aliphatic heterocycles. The van der Waals surface area contributed by atoms with E-state index in [9.17, 15) is 21.6 Å². The fraction of sp³-hybridized carbons (Fsp3) is 0.286. The third-order valence-corrected chi connectivity index (χ3v) is 3.02. The van der Waals surface area contributed by atoms with Crippen molar-refractivity contribution in [3.05, 3.63) is 23.0 Å². The smallest absolute Gasteiger partial charge is 0.273 e. The van der Waals surface area contributed by atoms with Crippen molar-refractivity contribution in [3.8, 4) is 0 Å². The van der Waals surface area contributed by atoms with E-state index < -0.39 is 15.5 Å². The molecule has 0 saturated carbocycles. The van der Waals surface area contributed by atoms with E-state index in [1.807, 2.05) is 0 Å². The molecule has 0 aromatic carbocycles. The SMILES string of the molecule is Cc1ccnc(Cl)c1NS(=O)(=O)C(F)(F)F. The van der Waals surface area contributed by atoms with Gasteiger partial charge in [-0.15, -0.1) is 0 Å². The monoisotopic (exact) mass is 274 g/mol. The second-order valence-corrected chi connectivity index (χ2v) is 4.88. The van der Waals surface area contributed by atoms with Crippen molar-refractivity contribution in [2.75, 3.05) is 4.72 Å². The molecule has 1 aromatic rings. The standard InChI is InChI=1S/C7H6ClF3N2O2S/c1-4-2-3-12-6(8)5(4)13-16(14,15)7(9,10)11/h2-3,13H,1H3. The Morgan fingerprint density at radius 1 is 1.44 bits per heavy atom. The lowest BCUT2D eigenvalue weighted by molar-refractivity contribution is -0.0429. The van der Waals surface area contributed by atoms with Crippen molar-refractivity contribution in [3.63, 3.8) is 0 Å². The maximum Gasteiger partial charge on any atom is 0.516 e. The van der Waals surface area contributed by atoms with Crippen LogP contribution in [0.1, 0.15) is 5.56 Å². The molecule has 9 heteroatoms. The number of rotatable bonds is 2. The van der Waals surface area contributed by atoms with E-state index in [1.165, 1.54) is 23.9 Å². The number of alkyl halides is 3. The molecule has 1 N–H and O–H groups in total. The zero-order chi connectivity index (χ0) is 12.6. The number of sulfonamides is 1. The van der Waals surface area contributed by atoms with Gasteiger partial charge < -0.3 is 0 Å². The Bertz CT molecular complexity index is 481. The lowest BCUT2D eigenvalue weighted by Crippen LogP contribution is -2.30. The highest BCUT2D eigenvalue weighted by Gasteiger charge is 2.46. The Labute approximate surface area is 94.5 Å². The van der Waals surface area contributed by atoms with Crippen molar-refractivity contribution in [2.24, 2.45) is 0 Å². The van der Waals surface area contributed by atoms with Gasteiger partial charge in [-0.3, -0.25) is 4.72 Å². The number of hydrogen-bond donors (Lipinski definition) is 1. The number of aryl methyl sites for hydroxylation is 1. The minimum absolute atomic E-state index is 0.243. The number of nitrogens with one attached hydrogen (secondary N) is 1. The van der Waals surface area contributed by atoms with Crippen molar-refractivity contribution in [2.45, 2.75) is 12.4 Å². The van der Waals surface area contributed by atoms with Crippen LogP contribution < -0.4 is 4.72 Å². The van der Waals surface area contributed by atoms with Crippen molar-refractivity contribution in [1.29, 1.82) is 0 Å². The molecule has 1 rings (SSSR count). The number of aromatic nitrogens is 1. The fourth-order valence-corrected chi connectivity index (χ4v) is 1.79. The lowest BCUT2D eigenvalue weighted by Gasteiger charge is -2.12. The van der Waals surface area contributed by atoms with Crippen LogP contribution in [0.15, 0.2) is 12.3 Å². The Kier molecular flexibility index (Phi) is 3.34. The van der Waals surface area contributed by atoms with Crippen LogP contribution in [0.4, 0.5) is 18.9 Å². The van der Waals surface area contributed by atoms with Gasteiger partial charge in [-0.1, -0.05) is 11.6 Å². The zero-order valence-electron chi connectivity index (χ0n) is 7.84. The molecule has 16 heavy (non-hydrogen) atoms. The minimum atomic E-state index is -5.47. The topological polar surface area (TPSA) is 59.1 Å². The predicted molar refractivity (Wildman–Crippen MR) is 52.6 cm³/mol. The van der Waals surface area contributed by atoms with E-state index in [-0.39, 0.29) is 16.4 Å². The predicted octanol–water partition coefficient (Wildman–Crippen LogP) is 2.30. The number of anilines is 1. The Balaban J connectivity index is 3.17. The summed E-state index contributed by atoms with van der Waals surface area (Å²) in [6, 6.07) is 1.33. The molecule has 0 aliphatic carbocycles. The van der Waals surface area contributed by atoms with Gasteiger partial charge in [0.25, 0.3) is 0 Å². The molecule has 1 aromatic heterocycles. The van der Waals surface area contributed by atoms with Crippen LogP contribution >= 0.6 is 11.6 Å².